The molecular weight excluding hydrogens is 188 g/mol. The first-order chi connectivity index (χ1) is 7.31. The third-order valence-electron chi connectivity index (χ3n) is 2.80. The molecule has 0 aliphatic heterocycles. The molecule has 0 fully saturated rings. The van der Waals surface area contributed by atoms with Gasteiger partial charge in [0.05, 0.1) is 0 Å². The summed E-state index contributed by atoms with van der Waals surface area (Å²) in [5.74, 6) is 1.08. The van der Waals surface area contributed by atoms with Gasteiger partial charge in [0.2, 0.25) is 0 Å². The molecule has 0 saturated carbocycles. The zero-order valence-electron chi connectivity index (χ0n) is 10.0. The summed E-state index contributed by atoms with van der Waals surface area (Å²) in [7, 11) is 0. The molecule has 0 aliphatic carbocycles. The molecule has 86 valence electrons. The zero-order chi connectivity index (χ0) is 11.1. The average Bonchev–Trinajstić information content (AvgIpc) is 2.72. The Kier molecular flexibility index (Phi) is 5.32. The highest BCUT2D eigenvalue weighted by molar-refractivity contribution is 4.86. The lowest BCUT2D eigenvalue weighted by Crippen LogP contribution is -2.30. The molecule has 1 aromatic rings. The lowest BCUT2D eigenvalue weighted by Gasteiger charge is -2.14. The van der Waals surface area contributed by atoms with Crippen molar-refractivity contribution in [2.24, 2.45) is 0 Å². The quantitative estimate of drug-likeness (QED) is 0.743. The standard InChI is InChI=1S/C11H22N4/c1-4-10(5-2)12-8-7-11-14-13-9-15(11)6-3/h9-10,12H,4-8H2,1-3H3. The Balaban J connectivity index is 2.31. The minimum atomic E-state index is 0.642. The summed E-state index contributed by atoms with van der Waals surface area (Å²) in [4.78, 5) is 0. The van der Waals surface area contributed by atoms with Gasteiger partial charge in [0, 0.05) is 25.6 Å². The van der Waals surface area contributed by atoms with Crippen LogP contribution in [-0.4, -0.2) is 27.4 Å². The van der Waals surface area contributed by atoms with Crippen LogP contribution in [0.5, 0.6) is 0 Å². The third kappa shape index (κ3) is 3.63. The fraction of sp³-hybridized carbons (Fsp3) is 0.818. The zero-order valence-corrected chi connectivity index (χ0v) is 10.0. The maximum Gasteiger partial charge on any atom is 0.134 e. The molecule has 1 N–H and O–H groups in total. The van der Waals surface area contributed by atoms with Gasteiger partial charge in [0.15, 0.2) is 0 Å². The van der Waals surface area contributed by atoms with Crippen molar-refractivity contribution >= 4 is 0 Å². The van der Waals surface area contributed by atoms with Gasteiger partial charge in [-0.2, -0.15) is 0 Å². The summed E-state index contributed by atoms with van der Waals surface area (Å²) in [5.41, 5.74) is 0. The van der Waals surface area contributed by atoms with E-state index in [1.54, 1.807) is 6.33 Å². The number of nitrogens with zero attached hydrogens (tertiary/aromatic N) is 3. The molecule has 0 saturated heterocycles. The van der Waals surface area contributed by atoms with E-state index in [2.05, 4.69) is 40.9 Å². The van der Waals surface area contributed by atoms with Gasteiger partial charge in [-0.25, -0.2) is 0 Å². The molecule has 1 rings (SSSR count). The Hall–Kier alpha value is -0.900. The average molecular weight is 210 g/mol. The first-order valence-electron chi connectivity index (χ1n) is 5.91. The molecule has 0 amide bonds. The van der Waals surface area contributed by atoms with E-state index in [0.717, 1.165) is 25.3 Å². The number of hydrogen-bond acceptors (Lipinski definition) is 3. The third-order valence-corrected chi connectivity index (χ3v) is 2.80. The SMILES string of the molecule is CCC(CC)NCCc1nncn1CC. The van der Waals surface area contributed by atoms with Crippen molar-refractivity contribution in [2.75, 3.05) is 6.54 Å². The van der Waals surface area contributed by atoms with E-state index in [1.165, 1.54) is 12.8 Å². The number of aromatic nitrogens is 3. The summed E-state index contributed by atoms with van der Waals surface area (Å²) in [6.45, 7) is 8.49. The van der Waals surface area contributed by atoms with Crippen LogP contribution < -0.4 is 5.32 Å². The van der Waals surface area contributed by atoms with E-state index < -0.39 is 0 Å². The molecule has 0 spiro atoms. The van der Waals surface area contributed by atoms with E-state index in [4.69, 9.17) is 0 Å². The van der Waals surface area contributed by atoms with E-state index in [9.17, 15) is 0 Å². The van der Waals surface area contributed by atoms with Crippen LogP contribution >= 0.6 is 0 Å². The van der Waals surface area contributed by atoms with Crippen LogP contribution in [0, 0.1) is 0 Å². The van der Waals surface area contributed by atoms with Gasteiger partial charge >= 0.3 is 0 Å². The lowest BCUT2D eigenvalue weighted by atomic mass is 10.2. The van der Waals surface area contributed by atoms with Gasteiger partial charge in [0.1, 0.15) is 12.2 Å². The van der Waals surface area contributed by atoms with Gasteiger partial charge in [-0.15, -0.1) is 10.2 Å². The fourth-order valence-corrected chi connectivity index (χ4v) is 1.70. The maximum absolute atomic E-state index is 4.11. The molecule has 0 atom stereocenters. The van der Waals surface area contributed by atoms with Crippen LogP contribution in [0.25, 0.3) is 0 Å². The Labute approximate surface area is 92.1 Å². The molecule has 4 nitrogen and oxygen atoms in total. The Morgan fingerprint density at radius 2 is 2.07 bits per heavy atom. The lowest BCUT2D eigenvalue weighted by molar-refractivity contribution is 0.482. The van der Waals surface area contributed by atoms with Crippen LogP contribution in [0.4, 0.5) is 0 Å². The second-order valence-electron chi connectivity index (χ2n) is 3.75. The van der Waals surface area contributed by atoms with Crippen molar-refractivity contribution in [3.63, 3.8) is 0 Å². The summed E-state index contributed by atoms with van der Waals surface area (Å²) < 4.78 is 2.09. The minimum Gasteiger partial charge on any atom is -0.318 e. The summed E-state index contributed by atoms with van der Waals surface area (Å²) in [6, 6.07) is 0.642. The van der Waals surface area contributed by atoms with Gasteiger partial charge in [0.25, 0.3) is 0 Å². The van der Waals surface area contributed by atoms with Crippen LogP contribution in [0.3, 0.4) is 0 Å². The normalized spacial score (nSPS) is 11.2. The Bertz CT molecular complexity index is 265. The smallest absolute Gasteiger partial charge is 0.134 e. The topological polar surface area (TPSA) is 42.7 Å². The first kappa shape index (κ1) is 12.2. The molecule has 4 heteroatoms. The van der Waals surface area contributed by atoms with E-state index >= 15 is 0 Å². The molecule has 0 bridgehead atoms. The van der Waals surface area contributed by atoms with Gasteiger partial charge in [-0.05, 0) is 19.8 Å². The van der Waals surface area contributed by atoms with Crippen molar-refractivity contribution in [3.05, 3.63) is 12.2 Å². The number of nitrogens with one attached hydrogen (secondary N) is 1. The summed E-state index contributed by atoms with van der Waals surface area (Å²) in [5, 5.41) is 11.6. The summed E-state index contributed by atoms with van der Waals surface area (Å²) in [6.07, 6.45) is 5.14. The highest BCUT2D eigenvalue weighted by atomic mass is 15.3. The molecule has 0 unspecified atom stereocenters. The second-order valence-corrected chi connectivity index (χ2v) is 3.75. The molecular formula is C11H22N4. The molecule has 0 radical (unpaired) electrons. The number of rotatable bonds is 7. The van der Waals surface area contributed by atoms with Crippen molar-refractivity contribution < 1.29 is 0 Å². The largest absolute Gasteiger partial charge is 0.318 e. The highest BCUT2D eigenvalue weighted by Gasteiger charge is 2.04. The van der Waals surface area contributed by atoms with Crippen molar-refractivity contribution in [1.29, 1.82) is 0 Å². The predicted octanol–water partition coefficient (Wildman–Crippen LogP) is 1.62. The second kappa shape index (κ2) is 6.56. The van der Waals surface area contributed by atoms with Crippen LogP contribution in [-0.2, 0) is 13.0 Å². The van der Waals surface area contributed by atoms with Gasteiger partial charge < -0.3 is 9.88 Å². The fourth-order valence-electron chi connectivity index (χ4n) is 1.70. The van der Waals surface area contributed by atoms with E-state index in [-0.39, 0.29) is 0 Å². The van der Waals surface area contributed by atoms with E-state index in [0.29, 0.717) is 6.04 Å². The first-order valence-corrected chi connectivity index (χ1v) is 5.91. The Morgan fingerprint density at radius 3 is 2.67 bits per heavy atom. The maximum atomic E-state index is 4.11. The highest BCUT2D eigenvalue weighted by Crippen LogP contribution is 1.98. The molecule has 1 aromatic heterocycles. The summed E-state index contributed by atoms with van der Waals surface area (Å²) >= 11 is 0. The Morgan fingerprint density at radius 1 is 1.33 bits per heavy atom. The number of hydrogen-bond donors (Lipinski definition) is 1. The molecule has 1 heterocycles. The molecule has 0 aliphatic rings. The minimum absolute atomic E-state index is 0.642. The van der Waals surface area contributed by atoms with Crippen molar-refractivity contribution in [3.8, 4) is 0 Å². The predicted molar refractivity (Wildman–Crippen MR) is 61.8 cm³/mol. The monoisotopic (exact) mass is 210 g/mol. The molecule has 0 aromatic carbocycles. The molecule has 15 heavy (non-hydrogen) atoms. The van der Waals surface area contributed by atoms with Crippen LogP contribution in [0.1, 0.15) is 39.4 Å². The van der Waals surface area contributed by atoms with Gasteiger partial charge in [-0.1, -0.05) is 13.8 Å². The van der Waals surface area contributed by atoms with Gasteiger partial charge in [-0.3, -0.25) is 0 Å². The van der Waals surface area contributed by atoms with E-state index in [1.807, 2.05) is 0 Å². The van der Waals surface area contributed by atoms with Crippen LogP contribution in [0.2, 0.25) is 0 Å². The number of aryl methyl sites for hydroxylation is 1. The van der Waals surface area contributed by atoms with Crippen LogP contribution in [0.15, 0.2) is 6.33 Å². The van der Waals surface area contributed by atoms with Crippen molar-refractivity contribution in [2.45, 2.75) is 52.6 Å². The van der Waals surface area contributed by atoms with Crippen molar-refractivity contribution in [1.82, 2.24) is 20.1 Å².